The molecule has 8 heteroatoms. The number of alkyl carbamates (subject to hydrolysis) is 1. The van der Waals surface area contributed by atoms with Gasteiger partial charge in [-0.2, -0.15) is 11.8 Å². The molecule has 0 unspecified atom stereocenters. The highest BCUT2D eigenvalue weighted by Crippen LogP contribution is 2.09. The highest BCUT2D eigenvalue weighted by Gasteiger charge is 2.25. The summed E-state index contributed by atoms with van der Waals surface area (Å²) in [7, 11) is 0. The molecule has 0 aliphatic carbocycles. The molecule has 0 fully saturated rings. The van der Waals surface area contributed by atoms with Crippen LogP contribution in [-0.4, -0.2) is 54.4 Å². The van der Waals surface area contributed by atoms with Crippen molar-refractivity contribution in [3.8, 4) is 0 Å². The third kappa shape index (κ3) is 12.5. The molecule has 0 aromatic heterocycles. The second-order valence-corrected chi connectivity index (χ2v) is 6.68. The van der Waals surface area contributed by atoms with Crippen molar-refractivity contribution in [2.75, 3.05) is 24.7 Å². The van der Waals surface area contributed by atoms with Crippen LogP contribution in [0.15, 0.2) is 12.7 Å². The predicted octanol–water partition coefficient (Wildman–Crippen LogP) is 1.91. The Morgan fingerprint density at radius 1 is 1.26 bits per heavy atom. The SMILES string of the molecule is C=CCOC(=O)[C@H](CSCCOC(C)=O)NC(=O)OC(C)(C)C. The van der Waals surface area contributed by atoms with Crippen LogP contribution in [0.1, 0.15) is 27.7 Å². The van der Waals surface area contributed by atoms with E-state index < -0.39 is 23.7 Å². The van der Waals surface area contributed by atoms with E-state index in [1.165, 1.54) is 24.8 Å². The normalized spacial score (nSPS) is 12.0. The Morgan fingerprint density at radius 3 is 2.43 bits per heavy atom. The molecule has 0 aromatic carbocycles. The molecule has 0 aromatic rings. The van der Waals surface area contributed by atoms with Crippen LogP contribution in [0.25, 0.3) is 0 Å². The number of amides is 1. The lowest BCUT2D eigenvalue weighted by atomic mass is 10.2. The molecular weight excluding hydrogens is 322 g/mol. The second kappa shape index (κ2) is 10.9. The van der Waals surface area contributed by atoms with E-state index in [-0.39, 0.29) is 24.9 Å². The fourth-order valence-corrected chi connectivity index (χ4v) is 2.13. The van der Waals surface area contributed by atoms with E-state index in [0.717, 1.165) is 0 Å². The lowest BCUT2D eigenvalue weighted by Gasteiger charge is -2.22. The minimum atomic E-state index is -0.855. The van der Waals surface area contributed by atoms with Gasteiger partial charge in [-0.15, -0.1) is 0 Å². The Balaban J connectivity index is 4.44. The van der Waals surface area contributed by atoms with Crippen molar-refractivity contribution in [3.05, 3.63) is 12.7 Å². The van der Waals surface area contributed by atoms with Crippen molar-refractivity contribution < 1.29 is 28.6 Å². The van der Waals surface area contributed by atoms with Crippen molar-refractivity contribution in [2.24, 2.45) is 0 Å². The summed E-state index contributed by atoms with van der Waals surface area (Å²) in [5.41, 5.74) is -0.665. The van der Waals surface area contributed by atoms with Gasteiger partial charge in [0.2, 0.25) is 0 Å². The van der Waals surface area contributed by atoms with Gasteiger partial charge in [-0.25, -0.2) is 9.59 Å². The maximum absolute atomic E-state index is 11.9. The van der Waals surface area contributed by atoms with E-state index in [9.17, 15) is 14.4 Å². The van der Waals surface area contributed by atoms with Crippen molar-refractivity contribution in [2.45, 2.75) is 39.3 Å². The molecule has 1 amide bonds. The standard InChI is InChI=1S/C15H25NO6S/c1-6-7-21-13(18)12(10-23-9-8-20-11(2)17)16-14(19)22-15(3,4)5/h6,12H,1,7-10H2,2-5H3,(H,16,19)/t12-/m0/s1. The maximum atomic E-state index is 11.9. The zero-order valence-electron chi connectivity index (χ0n) is 14.0. The number of hydrogen-bond donors (Lipinski definition) is 1. The summed E-state index contributed by atoms with van der Waals surface area (Å²) in [5.74, 6) is -0.160. The lowest BCUT2D eigenvalue weighted by molar-refractivity contribution is -0.144. The highest BCUT2D eigenvalue weighted by atomic mass is 32.2. The van der Waals surface area contributed by atoms with Gasteiger partial charge < -0.3 is 19.5 Å². The summed E-state index contributed by atoms with van der Waals surface area (Å²) in [5, 5.41) is 2.48. The van der Waals surface area contributed by atoms with Crippen molar-refractivity contribution in [3.63, 3.8) is 0 Å². The second-order valence-electron chi connectivity index (χ2n) is 5.53. The molecule has 132 valence electrons. The first kappa shape index (κ1) is 21.3. The predicted molar refractivity (Wildman–Crippen MR) is 88.3 cm³/mol. The average molecular weight is 347 g/mol. The molecule has 23 heavy (non-hydrogen) atoms. The molecule has 0 radical (unpaired) electrons. The molecule has 0 aliphatic heterocycles. The highest BCUT2D eigenvalue weighted by molar-refractivity contribution is 7.99. The molecule has 0 aliphatic rings. The van der Waals surface area contributed by atoms with Gasteiger partial charge in [-0.3, -0.25) is 4.79 Å². The smallest absolute Gasteiger partial charge is 0.408 e. The van der Waals surface area contributed by atoms with Crippen LogP contribution in [0.3, 0.4) is 0 Å². The molecular formula is C15H25NO6S. The van der Waals surface area contributed by atoms with Crippen LogP contribution in [-0.2, 0) is 23.8 Å². The molecule has 0 bridgehead atoms. The topological polar surface area (TPSA) is 90.9 Å². The Hall–Kier alpha value is -1.70. The summed E-state index contributed by atoms with van der Waals surface area (Å²) < 4.78 is 14.9. The van der Waals surface area contributed by atoms with E-state index in [1.807, 2.05) is 0 Å². The van der Waals surface area contributed by atoms with Gasteiger partial charge >= 0.3 is 18.0 Å². The van der Waals surface area contributed by atoms with Crippen LogP contribution in [0.2, 0.25) is 0 Å². The first-order chi connectivity index (χ1) is 10.7. The maximum Gasteiger partial charge on any atom is 0.408 e. The van der Waals surface area contributed by atoms with Gasteiger partial charge in [-0.05, 0) is 20.8 Å². The van der Waals surface area contributed by atoms with Gasteiger partial charge in [0, 0.05) is 18.4 Å². The van der Waals surface area contributed by atoms with E-state index >= 15 is 0 Å². The van der Waals surface area contributed by atoms with Crippen LogP contribution < -0.4 is 5.32 Å². The van der Waals surface area contributed by atoms with E-state index in [1.54, 1.807) is 20.8 Å². The van der Waals surface area contributed by atoms with Crippen LogP contribution in [0.5, 0.6) is 0 Å². The number of hydrogen-bond acceptors (Lipinski definition) is 7. The number of rotatable bonds is 9. The molecule has 0 saturated carbocycles. The zero-order valence-corrected chi connectivity index (χ0v) is 14.9. The molecule has 0 heterocycles. The van der Waals surface area contributed by atoms with Gasteiger partial charge in [0.05, 0.1) is 0 Å². The van der Waals surface area contributed by atoms with E-state index in [2.05, 4.69) is 11.9 Å². The number of ether oxygens (including phenoxy) is 3. The summed E-state index contributed by atoms with van der Waals surface area (Å²) in [6, 6.07) is -0.855. The Kier molecular flexibility index (Phi) is 10.1. The van der Waals surface area contributed by atoms with Gasteiger partial charge in [-0.1, -0.05) is 12.7 Å². The van der Waals surface area contributed by atoms with Crippen molar-refractivity contribution in [1.82, 2.24) is 5.32 Å². The largest absolute Gasteiger partial charge is 0.465 e. The van der Waals surface area contributed by atoms with Crippen LogP contribution in [0.4, 0.5) is 4.79 Å². The fraction of sp³-hybridized carbons (Fsp3) is 0.667. The summed E-state index contributed by atoms with van der Waals surface area (Å²) in [4.78, 5) is 34.4. The molecule has 7 nitrogen and oxygen atoms in total. The Bertz CT molecular complexity index is 419. The number of nitrogens with one attached hydrogen (secondary N) is 1. The first-order valence-corrected chi connectivity index (χ1v) is 8.29. The van der Waals surface area contributed by atoms with Crippen molar-refractivity contribution >= 4 is 29.8 Å². The summed E-state index contributed by atoms with van der Waals surface area (Å²) in [6.45, 7) is 10.3. The Morgan fingerprint density at radius 2 is 1.91 bits per heavy atom. The molecule has 1 N–H and O–H groups in total. The molecule has 0 rings (SSSR count). The van der Waals surface area contributed by atoms with Crippen LogP contribution >= 0.6 is 11.8 Å². The number of esters is 2. The van der Waals surface area contributed by atoms with Gasteiger partial charge in [0.25, 0.3) is 0 Å². The van der Waals surface area contributed by atoms with Crippen LogP contribution in [0, 0.1) is 0 Å². The summed E-state index contributed by atoms with van der Waals surface area (Å²) >= 11 is 1.35. The first-order valence-electron chi connectivity index (χ1n) is 7.14. The van der Waals surface area contributed by atoms with Gasteiger partial charge in [0.1, 0.15) is 24.9 Å². The minimum Gasteiger partial charge on any atom is -0.465 e. The van der Waals surface area contributed by atoms with E-state index in [4.69, 9.17) is 14.2 Å². The third-order valence-corrected chi connectivity index (χ3v) is 3.16. The summed E-state index contributed by atoms with van der Waals surface area (Å²) in [6.07, 6.45) is 0.745. The number of carbonyl (C=O) groups is 3. The third-order valence-electron chi connectivity index (χ3n) is 2.14. The Labute approximate surface area is 141 Å². The molecule has 0 saturated heterocycles. The number of thioether (sulfide) groups is 1. The molecule has 1 atom stereocenters. The van der Waals surface area contributed by atoms with E-state index in [0.29, 0.717) is 5.75 Å². The number of carbonyl (C=O) groups excluding carboxylic acids is 3. The van der Waals surface area contributed by atoms with Crippen molar-refractivity contribution in [1.29, 1.82) is 0 Å². The monoisotopic (exact) mass is 347 g/mol. The van der Waals surface area contributed by atoms with Gasteiger partial charge in [0.15, 0.2) is 0 Å². The minimum absolute atomic E-state index is 0.0590. The lowest BCUT2D eigenvalue weighted by Crippen LogP contribution is -2.45. The molecule has 0 spiro atoms. The average Bonchev–Trinajstić information content (AvgIpc) is 2.40. The quantitative estimate of drug-likeness (QED) is 0.295. The fourth-order valence-electron chi connectivity index (χ4n) is 1.31. The zero-order chi connectivity index (χ0) is 17.9.